The van der Waals surface area contributed by atoms with Crippen molar-refractivity contribution >= 4 is 23.3 Å². The molecule has 2 heterocycles. The number of rotatable bonds is 3. The molecule has 0 spiro atoms. The largest absolute Gasteiger partial charge is 0.437 e. The quantitative estimate of drug-likeness (QED) is 0.795. The van der Waals surface area contributed by atoms with Crippen LogP contribution in [0.15, 0.2) is 26.7 Å². The lowest BCUT2D eigenvalue weighted by molar-refractivity contribution is -0.120. The zero-order valence-corrected chi connectivity index (χ0v) is 9.77. The van der Waals surface area contributed by atoms with Gasteiger partial charge in [0.1, 0.15) is 6.54 Å². The fourth-order valence-electron chi connectivity index (χ4n) is 1.22. The molecule has 0 fully saturated rings. The van der Waals surface area contributed by atoms with E-state index in [2.05, 4.69) is 5.10 Å². The van der Waals surface area contributed by atoms with E-state index in [0.29, 0.717) is 4.88 Å². The van der Waals surface area contributed by atoms with Crippen molar-refractivity contribution in [2.45, 2.75) is 6.54 Å². The molecule has 0 unspecified atom stereocenters. The first-order valence-electron chi connectivity index (χ1n) is 4.77. The van der Waals surface area contributed by atoms with E-state index >= 15 is 0 Å². The second-order valence-corrected chi connectivity index (χ2v) is 4.17. The van der Waals surface area contributed by atoms with Crippen molar-refractivity contribution in [3.63, 3.8) is 0 Å². The van der Waals surface area contributed by atoms with Crippen molar-refractivity contribution in [1.82, 2.24) is 15.1 Å². The third kappa shape index (κ3) is 2.63. The number of amides is 3. The van der Waals surface area contributed by atoms with Crippen molar-refractivity contribution in [3.05, 3.63) is 28.1 Å². The maximum absolute atomic E-state index is 11.4. The lowest BCUT2D eigenvalue weighted by atomic mass is 10.5. The van der Waals surface area contributed by atoms with E-state index in [1.165, 1.54) is 11.3 Å². The predicted octanol–water partition coefficient (Wildman–Crippen LogP) is -0.240. The van der Waals surface area contributed by atoms with Crippen LogP contribution >= 0.6 is 11.3 Å². The van der Waals surface area contributed by atoms with Crippen LogP contribution in [0.2, 0.25) is 0 Å². The molecule has 0 radical (unpaired) electrons. The molecule has 94 valence electrons. The van der Waals surface area contributed by atoms with E-state index in [1.54, 1.807) is 17.5 Å². The maximum atomic E-state index is 11.4. The Hall–Kier alpha value is -2.42. The van der Waals surface area contributed by atoms with E-state index in [1.807, 2.05) is 5.32 Å². The van der Waals surface area contributed by atoms with Gasteiger partial charge in [0.15, 0.2) is 0 Å². The van der Waals surface area contributed by atoms with Gasteiger partial charge in [-0.1, -0.05) is 6.07 Å². The zero-order chi connectivity index (χ0) is 13.1. The molecule has 2 rings (SSSR count). The van der Waals surface area contributed by atoms with Crippen molar-refractivity contribution in [2.24, 2.45) is 5.73 Å². The molecule has 9 heteroatoms. The summed E-state index contributed by atoms with van der Waals surface area (Å²) >= 11 is 1.34. The average molecular weight is 268 g/mol. The van der Waals surface area contributed by atoms with Gasteiger partial charge in [-0.05, 0) is 11.4 Å². The first-order valence-corrected chi connectivity index (χ1v) is 5.65. The van der Waals surface area contributed by atoms with Crippen molar-refractivity contribution in [3.8, 4) is 10.8 Å². The van der Waals surface area contributed by atoms with Gasteiger partial charge in [0.25, 0.3) is 5.89 Å². The highest BCUT2D eigenvalue weighted by molar-refractivity contribution is 7.13. The first kappa shape index (κ1) is 12.0. The number of thiophene rings is 1. The molecule has 18 heavy (non-hydrogen) atoms. The maximum Gasteiger partial charge on any atom is 0.437 e. The SMILES string of the molecule is NC(=O)NC(=O)Cn1nc(-c2cccs2)oc1=O. The molecule has 0 atom stereocenters. The Bertz CT molecular complexity index is 627. The number of primary amides is 1. The minimum Gasteiger partial charge on any atom is -0.387 e. The summed E-state index contributed by atoms with van der Waals surface area (Å²) in [6, 6.07) is 2.51. The lowest BCUT2D eigenvalue weighted by Gasteiger charge is -1.97. The number of hydrogen-bond donors (Lipinski definition) is 2. The number of hydrogen-bond acceptors (Lipinski definition) is 6. The van der Waals surface area contributed by atoms with E-state index in [0.717, 1.165) is 4.68 Å². The van der Waals surface area contributed by atoms with Crippen LogP contribution in [0.1, 0.15) is 0 Å². The van der Waals surface area contributed by atoms with Crippen LogP contribution in [-0.2, 0) is 11.3 Å². The molecule has 0 aliphatic carbocycles. The second kappa shape index (κ2) is 4.84. The molecular formula is C9H8N4O4S. The van der Waals surface area contributed by atoms with Crippen LogP contribution in [0, 0.1) is 0 Å². The van der Waals surface area contributed by atoms with E-state index in [9.17, 15) is 14.4 Å². The van der Waals surface area contributed by atoms with Gasteiger partial charge >= 0.3 is 11.8 Å². The molecule has 0 aliphatic rings. The Morgan fingerprint density at radius 1 is 1.56 bits per heavy atom. The van der Waals surface area contributed by atoms with Crippen molar-refractivity contribution < 1.29 is 14.0 Å². The summed E-state index contributed by atoms with van der Waals surface area (Å²) in [7, 11) is 0. The topological polar surface area (TPSA) is 120 Å². The monoisotopic (exact) mass is 268 g/mol. The molecule has 2 aromatic rings. The highest BCUT2D eigenvalue weighted by Gasteiger charge is 2.14. The second-order valence-electron chi connectivity index (χ2n) is 3.22. The number of carbonyl (C=O) groups is 2. The van der Waals surface area contributed by atoms with E-state index < -0.39 is 24.2 Å². The summed E-state index contributed by atoms with van der Waals surface area (Å²) in [5, 5.41) is 7.46. The molecule has 0 aliphatic heterocycles. The number of nitrogens with two attached hydrogens (primary N) is 1. The van der Waals surface area contributed by atoms with Gasteiger partial charge in [-0.25, -0.2) is 9.59 Å². The Morgan fingerprint density at radius 3 is 2.94 bits per heavy atom. The van der Waals surface area contributed by atoms with Crippen LogP contribution < -0.4 is 16.8 Å². The summed E-state index contributed by atoms with van der Waals surface area (Å²) < 4.78 is 5.69. The number of imide groups is 1. The number of urea groups is 1. The highest BCUT2D eigenvalue weighted by atomic mass is 32.1. The average Bonchev–Trinajstić information content (AvgIpc) is 2.87. The van der Waals surface area contributed by atoms with Crippen molar-refractivity contribution in [1.29, 1.82) is 0 Å². The smallest absolute Gasteiger partial charge is 0.387 e. The van der Waals surface area contributed by atoms with Gasteiger partial charge in [-0.15, -0.1) is 16.4 Å². The van der Waals surface area contributed by atoms with Crippen LogP contribution in [0.4, 0.5) is 4.79 Å². The van der Waals surface area contributed by atoms with Gasteiger partial charge in [0.05, 0.1) is 4.88 Å². The van der Waals surface area contributed by atoms with Crippen LogP contribution in [-0.4, -0.2) is 21.7 Å². The Morgan fingerprint density at radius 2 is 2.33 bits per heavy atom. The standard InChI is InChI=1S/C9H8N4O4S/c10-8(15)11-6(14)4-13-9(16)17-7(12-13)5-2-1-3-18-5/h1-3H,4H2,(H3,10,11,14,15). The number of nitrogens with zero attached hydrogens (tertiary/aromatic N) is 2. The third-order valence-corrected chi connectivity index (χ3v) is 2.75. The molecular weight excluding hydrogens is 260 g/mol. The first-order chi connectivity index (χ1) is 8.56. The van der Waals surface area contributed by atoms with Gasteiger partial charge in [-0.2, -0.15) is 4.68 Å². The predicted molar refractivity (Wildman–Crippen MR) is 61.8 cm³/mol. The summed E-state index contributed by atoms with van der Waals surface area (Å²) in [5.41, 5.74) is 4.77. The fraction of sp³-hybridized carbons (Fsp3) is 0.111. The van der Waals surface area contributed by atoms with Crippen LogP contribution in [0.5, 0.6) is 0 Å². The van der Waals surface area contributed by atoms with Gasteiger partial charge < -0.3 is 10.2 Å². The number of carbonyl (C=O) groups excluding carboxylic acids is 2. The zero-order valence-electron chi connectivity index (χ0n) is 8.95. The minimum absolute atomic E-state index is 0.127. The molecule has 0 saturated heterocycles. The van der Waals surface area contributed by atoms with Crippen molar-refractivity contribution in [2.75, 3.05) is 0 Å². The highest BCUT2D eigenvalue weighted by Crippen LogP contribution is 2.20. The minimum atomic E-state index is -0.991. The summed E-state index contributed by atoms with van der Waals surface area (Å²) in [5.74, 6) is -1.39. The number of aromatic nitrogens is 2. The van der Waals surface area contributed by atoms with Crippen LogP contribution in [0.25, 0.3) is 10.8 Å². The molecule has 0 saturated carbocycles. The Kier molecular flexibility index (Phi) is 3.24. The van der Waals surface area contributed by atoms with E-state index in [4.69, 9.17) is 10.2 Å². The Balaban J connectivity index is 2.18. The molecule has 0 bridgehead atoms. The van der Waals surface area contributed by atoms with Gasteiger partial charge in [-0.3, -0.25) is 10.1 Å². The molecule has 8 nitrogen and oxygen atoms in total. The number of nitrogens with one attached hydrogen (secondary N) is 1. The van der Waals surface area contributed by atoms with Gasteiger partial charge in [0, 0.05) is 0 Å². The normalized spacial score (nSPS) is 10.2. The molecule has 3 amide bonds. The summed E-state index contributed by atoms with van der Waals surface area (Å²) in [6.07, 6.45) is 0. The Labute approximate surface area is 104 Å². The molecule has 2 aromatic heterocycles. The summed E-state index contributed by atoms with van der Waals surface area (Å²) in [6.45, 7) is -0.434. The molecule has 0 aromatic carbocycles. The van der Waals surface area contributed by atoms with Gasteiger partial charge in [0.2, 0.25) is 5.91 Å². The van der Waals surface area contributed by atoms with Crippen LogP contribution in [0.3, 0.4) is 0 Å². The van der Waals surface area contributed by atoms with E-state index in [-0.39, 0.29) is 5.89 Å². The lowest BCUT2D eigenvalue weighted by Crippen LogP contribution is -2.38. The third-order valence-electron chi connectivity index (χ3n) is 1.89. The summed E-state index contributed by atoms with van der Waals surface area (Å²) in [4.78, 5) is 33.7. The fourth-order valence-corrected chi connectivity index (χ4v) is 1.86. The molecule has 3 N–H and O–H groups in total.